The Bertz CT molecular complexity index is 1950. The van der Waals surface area contributed by atoms with Crippen LogP contribution in [0.1, 0.15) is 50.4 Å². The summed E-state index contributed by atoms with van der Waals surface area (Å²) in [6.45, 7) is 6.07. The number of anilines is 2. The first-order valence-corrected chi connectivity index (χ1v) is 16.4. The first-order valence-electron chi connectivity index (χ1n) is 15.2. The van der Waals surface area contributed by atoms with Crippen molar-refractivity contribution in [1.29, 1.82) is 0 Å². The fourth-order valence-electron chi connectivity index (χ4n) is 5.28. The number of aromatic nitrogens is 4. The van der Waals surface area contributed by atoms with Crippen molar-refractivity contribution in [3.05, 3.63) is 82.6 Å². The number of nitrogens with zero attached hydrogens (tertiary/aromatic N) is 4. The van der Waals surface area contributed by atoms with Gasteiger partial charge in [0.1, 0.15) is 47.4 Å². The van der Waals surface area contributed by atoms with Crippen molar-refractivity contribution < 1.29 is 28.2 Å². The molecule has 6 rings (SSSR count). The zero-order chi connectivity index (χ0) is 33.1. The third-order valence-corrected chi connectivity index (χ3v) is 8.77. The number of thiophene rings is 1. The van der Waals surface area contributed by atoms with Crippen molar-refractivity contribution >= 4 is 56.6 Å². The number of nitrogens with one attached hydrogen (secondary N) is 1. The van der Waals surface area contributed by atoms with E-state index >= 15 is 0 Å². The van der Waals surface area contributed by atoms with Crippen LogP contribution < -0.4 is 10.1 Å². The second-order valence-corrected chi connectivity index (χ2v) is 13.5. The summed E-state index contributed by atoms with van der Waals surface area (Å²) in [6, 6.07) is 11.6. The lowest BCUT2D eigenvalue weighted by Crippen LogP contribution is -2.24. The SMILES string of the molecule is CC(C)(C)OC(=O)CCC(=O)OCCn1cc2c(n1)CCc1c-2sc2ncnc(Nc3ccc(OCc4cccc(F)c4)c(Cl)c3)c12. The molecule has 0 saturated carbocycles. The number of halogens is 2. The van der Waals surface area contributed by atoms with Crippen molar-refractivity contribution in [3.8, 4) is 16.2 Å². The zero-order valence-electron chi connectivity index (χ0n) is 26.1. The van der Waals surface area contributed by atoms with Crippen molar-refractivity contribution in [2.75, 3.05) is 11.9 Å². The second-order valence-electron chi connectivity index (χ2n) is 12.1. The number of hydrogen-bond acceptors (Lipinski definition) is 10. The molecule has 13 heteroatoms. The molecule has 47 heavy (non-hydrogen) atoms. The first-order chi connectivity index (χ1) is 22.5. The van der Waals surface area contributed by atoms with Gasteiger partial charge in [0.05, 0.1) is 35.5 Å². The molecule has 2 aromatic carbocycles. The summed E-state index contributed by atoms with van der Waals surface area (Å²) in [5.74, 6) is -0.0398. The highest BCUT2D eigenvalue weighted by atomic mass is 35.5. The van der Waals surface area contributed by atoms with E-state index in [4.69, 9.17) is 30.9 Å². The third kappa shape index (κ3) is 7.88. The third-order valence-electron chi connectivity index (χ3n) is 7.30. The minimum Gasteiger partial charge on any atom is -0.487 e. The molecule has 0 bridgehead atoms. The molecule has 5 aromatic rings. The van der Waals surface area contributed by atoms with Crippen LogP contribution in [0.5, 0.6) is 5.75 Å². The molecule has 3 heterocycles. The summed E-state index contributed by atoms with van der Waals surface area (Å²) in [5, 5.41) is 9.50. The van der Waals surface area contributed by atoms with Gasteiger partial charge >= 0.3 is 11.9 Å². The molecule has 0 atom stereocenters. The van der Waals surface area contributed by atoms with E-state index in [1.54, 1.807) is 61.1 Å². The Kier molecular flexibility index (Phi) is 9.42. The molecule has 3 aromatic heterocycles. The van der Waals surface area contributed by atoms with Crippen LogP contribution in [0.2, 0.25) is 5.02 Å². The van der Waals surface area contributed by atoms with Gasteiger partial charge in [0.25, 0.3) is 0 Å². The number of ether oxygens (including phenoxy) is 3. The Morgan fingerprint density at radius 1 is 1.09 bits per heavy atom. The number of hydrogen-bond donors (Lipinski definition) is 1. The minimum atomic E-state index is -0.594. The van der Waals surface area contributed by atoms with E-state index in [2.05, 4.69) is 15.3 Å². The number of rotatable bonds is 11. The predicted molar refractivity (Wildman–Crippen MR) is 178 cm³/mol. The quantitative estimate of drug-likeness (QED) is 0.142. The van der Waals surface area contributed by atoms with E-state index in [-0.39, 0.29) is 31.9 Å². The number of carbonyl (C=O) groups excluding carboxylic acids is 2. The van der Waals surface area contributed by atoms with Crippen LogP contribution in [-0.2, 0) is 45.1 Å². The van der Waals surface area contributed by atoms with Crippen LogP contribution in [0.25, 0.3) is 20.7 Å². The molecule has 0 radical (unpaired) electrons. The van der Waals surface area contributed by atoms with E-state index in [0.717, 1.165) is 50.4 Å². The predicted octanol–water partition coefficient (Wildman–Crippen LogP) is 7.43. The molecule has 244 valence electrons. The Labute approximate surface area is 279 Å². The van der Waals surface area contributed by atoms with Crippen LogP contribution >= 0.6 is 22.9 Å². The van der Waals surface area contributed by atoms with Crippen molar-refractivity contribution in [2.24, 2.45) is 0 Å². The lowest BCUT2D eigenvalue weighted by atomic mass is 9.95. The molecule has 0 saturated heterocycles. The summed E-state index contributed by atoms with van der Waals surface area (Å²) >= 11 is 8.13. The summed E-state index contributed by atoms with van der Waals surface area (Å²) in [4.78, 5) is 35.1. The maximum Gasteiger partial charge on any atom is 0.306 e. The molecular formula is C34H33ClFN5O5S. The molecule has 1 N–H and O–H groups in total. The number of fused-ring (bicyclic) bond motifs is 5. The van der Waals surface area contributed by atoms with Crippen LogP contribution in [0.15, 0.2) is 55.0 Å². The van der Waals surface area contributed by atoms with Gasteiger partial charge < -0.3 is 19.5 Å². The monoisotopic (exact) mass is 677 g/mol. The maximum atomic E-state index is 13.5. The molecule has 0 amide bonds. The van der Waals surface area contributed by atoms with Crippen LogP contribution in [0.3, 0.4) is 0 Å². The van der Waals surface area contributed by atoms with Crippen molar-refractivity contribution in [2.45, 2.75) is 65.2 Å². The van der Waals surface area contributed by atoms with Gasteiger partial charge in [-0.2, -0.15) is 5.10 Å². The second kappa shape index (κ2) is 13.7. The molecule has 0 fully saturated rings. The maximum absolute atomic E-state index is 13.5. The molecular weight excluding hydrogens is 645 g/mol. The molecule has 1 aliphatic carbocycles. The van der Waals surface area contributed by atoms with Gasteiger partial charge in [0.15, 0.2) is 0 Å². The van der Waals surface area contributed by atoms with Crippen molar-refractivity contribution in [1.82, 2.24) is 19.7 Å². The molecule has 0 unspecified atom stereocenters. The summed E-state index contributed by atoms with van der Waals surface area (Å²) in [7, 11) is 0. The minimum absolute atomic E-state index is 0.0224. The van der Waals surface area contributed by atoms with Crippen LogP contribution in [-0.4, -0.2) is 43.9 Å². The largest absolute Gasteiger partial charge is 0.487 e. The van der Waals surface area contributed by atoms with Crippen LogP contribution in [0, 0.1) is 5.82 Å². The van der Waals surface area contributed by atoms with Gasteiger partial charge in [0.2, 0.25) is 0 Å². The molecule has 0 spiro atoms. The van der Waals surface area contributed by atoms with E-state index in [0.29, 0.717) is 28.7 Å². The summed E-state index contributed by atoms with van der Waals surface area (Å²) in [6.07, 6.45) is 4.97. The standard InChI is InChI=1S/C34H33ClFN5O5S/c1-34(2,3)46-29(43)12-11-28(42)44-14-13-41-17-24-26(40-41)9-8-23-30-32(37-19-38-33(30)47-31(23)24)39-22-7-10-27(25(35)16-22)45-18-20-5-4-6-21(36)15-20/h4-7,10,15-17,19H,8-9,11-14,18H2,1-3H3,(H,37,38,39). The Morgan fingerprint density at radius 3 is 2.70 bits per heavy atom. The smallest absolute Gasteiger partial charge is 0.306 e. The lowest BCUT2D eigenvalue weighted by Gasteiger charge is -2.19. The van der Waals surface area contributed by atoms with Gasteiger partial charge in [-0.1, -0.05) is 23.7 Å². The zero-order valence-corrected chi connectivity index (χ0v) is 27.7. The van der Waals surface area contributed by atoms with E-state index in [1.165, 1.54) is 18.5 Å². The average molecular weight is 678 g/mol. The summed E-state index contributed by atoms with van der Waals surface area (Å²) < 4.78 is 31.7. The number of benzene rings is 2. The first kappa shape index (κ1) is 32.4. The number of aryl methyl sites for hydroxylation is 2. The number of carbonyl (C=O) groups is 2. The Hall–Kier alpha value is -4.55. The lowest BCUT2D eigenvalue weighted by molar-refractivity contribution is -0.158. The molecule has 10 nitrogen and oxygen atoms in total. The number of esters is 2. The highest BCUT2D eigenvalue weighted by Crippen LogP contribution is 2.45. The highest BCUT2D eigenvalue weighted by molar-refractivity contribution is 7.22. The van der Waals surface area contributed by atoms with Gasteiger partial charge in [-0.15, -0.1) is 11.3 Å². The average Bonchev–Trinajstić information content (AvgIpc) is 3.61. The fraction of sp³-hybridized carbons (Fsp3) is 0.324. The van der Waals surface area contributed by atoms with E-state index in [1.807, 2.05) is 12.3 Å². The normalized spacial score (nSPS) is 12.4. The fourth-order valence-corrected chi connectivity index (χ4v) is 6.74. The molecule has 0 aliphatic heterocycles. The topological polar surface area (TPSA) is 117 Å². The van der Waals surface area contributed by atoms with Gasteiger partial charge in [-0.3, -0.25) is 14.3 Å². The highest BCUT2D eigenvalue weighted by Gasteiger charge is 2.26. The Balaban J connectivity index is 1.11. The van der Waals surface area contributed by atoms with Gasteiger partial charge in [0, 0.05) is 22.3 Å². The van der Waals surface area contributed by atoms with E-state index < -0.39 is 17.5 Å². The Morgan fingerprint density at radius 2 is 1.91 bits per heavy atom. The molecule has 1 aliphatic rings. The van der Waals surface area contributed by atoms with Gasteiger partial charge in [-0.25, -0.2) is 14.4 Å². The van der Waals surface area contributed by atoms with Gasteiger partial charge in [-0.05, 0) is 75.1 Å². The van der Waals surface area contributed by atoms with Crippen molar-refractivity contribution in [3.63, 3.8) is 0 Å². The van der Waals surface area contributed by atoms with E-state index in [9.17, 15) is 14.0 Å². The van der Waals surface area contributed by atoms with Crippen LogP contribution in [0.4, 0.5) is 15.9 Å². The summed E-state index contributed by atoms with van der Waals surface area (Å²) in [5.41, 5.74) is 4.00.